The van der Waals surface area contributed by atoms with Crippen LogP contribution in [0.1, 0.15) is 17.3 Å². The Morgan fingerprint density at radius 1 is 1.22 bits per heavy atom. The van der Waals surface area contributed by atoms with E-state index in [0.717, 1.165) is 15.7 Å². The molecule has 0 spiro atoms. The molecular weight excluding hydrogens is 335 g/mol. The van der Waals surface area contributed by atoms with Crippen LogP contribution in [0.4, 0.5) is 0 Å². The predicted octanol–water partition coefficient (Wildman–Crippen LogP) is 4.39. The van der Waals surface area contributed by atoms with E-state index in [4.69, 9.17) is 28.9 Å². The maximum Gasteiger partial charge on any atom is 0.0624 e. The molecule has 0 saturated heterocycles. The first-order valence-electron chi connectivity index (χ1n) is 5.38. The quantitative estimate of drug-likeness (QED) is 0.895. The summed E-state index contributed by atoms with van der Waals surface area (Å²) < 4.78 is 0.930. The molecule has 1 unspecified atom stereocenters. The topological polar surface area (TPSA) is 38.9 Å². The van der Waals surface area contributed by atoms with Crippen molar-refractivity contribution in [2.75, 3.05) is 0 Å². The van der Waals surface area contributed by atoms with E-state index in [1.165, 1.54) is 0 Å². The molecule has 0 radical (unpaired) electrons. The summed E-state index contributed by atoms with van der Waals surface area (Å²) in [5.74, 6) is 0. The molecular formula is C13H11BrCl2N2. The van der Waals surface area contributed by atoms with Crippen LogP contribution in [0, 0.1) is 0 Å². The van der Waals surface area contributed by atoms with Crippen LogP contribution in [0.15, 0.2) is 41.0 Å². The number of rotatable bonds is 3. The molecule has 2 nitrogen and oxygen atoms in total. The number of hydrogen-bond donors (Lipinski definition) is 1. The third kappa shape index (κ3) is 3.23. The number of benzene rings is 1. The Morgan fingerprint density at radius 3 is 2.67 bits per heavy atom. The lowest BCUT2D eigenvalue weighted by molar-refractivity contribution is 0.696. The van der Waals surface area contributed by atoms with Gasteiger partial charge in [0.15, 0.2) is 0 Å². The van der Waals surface area contributed by atoms with Crippen LogP contribution in [-0.4, -0.2) is 4.98 Å². The molecule has 0 amide bonds. The molecule has 94 valence electrons. The van der Waals surface area contributed by atoms with Gasteiger partial charge >= 0.3 is 0 Å². The Morgan fingerprint density at radius 2 is 2.00 bits per heavy atom. The van der Waals surface area contributed by atoms with Crippen LogP contribution in [0.5, 0.6) is 0 Å². The van der Waals surface area contributed by atoms with Gasteiger partial charge in [-0.05, 0) is 46.1 Å². The summed E-state index contributed by atoms with van der Waals surface area (Å²) in [6, 6.07) is 9.17. The van der Waals surface area contributed by atoms with Gasteiger partial charge in [0, 0.05) is 10.7 Å². The molecule has 0 aliphatic carbocycles. The molecule has 0 aliphatic rings. The van der Waals surface area contributed by atoms with Gasteiger partial charge in [0.2, 0.25) is 0 Å². The second-order valence-electron chi connectivity index (χ2n) is 3.92. The lowest BCUT2D eigenvalue weighted by atomic mass is 10.0. The van der Waals surface area contributed by atoms with E-state index in [-0.39, 0.29) is 6.04 Å². The minimum atomic E-state index is -0.200. The molecule has 1 aromatic heterocycles. The number of hydrogen-bond acceptors (Lipinski definition) is 2. The van der Waals surface area contributed by atoms with Crippen molar-refractivity contribution in [3.05, 3.63) is 62.3 Å². The minimum Gasteiger partial charge on any atom is -0.322 e. The highest BCUT2D eigenvalue weighted by Crippen LogP contribution is 2.28. The maximum absolute atomic E-state index is 6.13. The first kappa shape index (κ1) is 13.8. The van der Waals surface area contributed by atoms with E-state index < -0.39 is 0 Å². The maximum atomic E-state index is 6.13. The third-order valence-electron chi connectivity index (χ3n) is 2.60. The summed E-state index contributed by atoms with van der Waals surface area (Å²) in [6.07, 6.45) is 2.34. The molecule has 0 saturated carbocycles. The molecule has 2 aromatic rings. The molecule has 18 heavy (non-hydrogen) atoms. The van der Waals surface area contributed by atoms with E-state index in [2.05, 4.69) is 20.9 Å². The predicted molar refractivity (Wildman–Crippen MR) is 79.0 cm³/mol. The Hall–Kier alpha value is -0.610. The van der Waals surface area contributed by atoms with Crippen molar-refractivity contribution in [1.29, 1.82) is 0 Å². The molecule has 1 heterocycles. The number of halogens is 3. The molecule has 1 atom stereocenters. The van der Waals surface area contributed by atoms with Crippen molar-refractivity contribution in [2.24, 2.45) is 5.73 Å². The van der Waals surface area contributed by atoms with Crippen LogP contribution in [0.25, 0.3) is 0 Å². The second-order valence-corrected chi connectivity index (χ2v) is 5.63. The van der Waals surface area contributed by atoms with Crippen molar-refractivity contribution in [2.45, 2.75) is 12.5 Å². The summed E-state index contributed by atoms with van der Waals surface area (Å²) >= 11 is 15.4. The smallest absolute Gasteiger partial charge is 0.0624 e. The Kier molecular flexibility index (Phi) is 4.62. The highest BCUT2D eigenvalue weighted by Gasteiger charge is 2.12. The van der Waals surface area contributed by atoms with Gasteiger partial charge in [0.1, 0.15) is 0 Å². The fraction of sp³-hybridized carbons (Fsp3) is 0.154. The van der Waals surface area contributed by atoms with Crippen molar-refractivity contribution in [3.63, 3.8) is 0 Å². The van der Waals surface area contributed by atoms with Crippen LogP contribution in [0.3, 0.4) is 0 Å². The normalized spacial score (nSPS) is 12.4. The van der Waals surface area contributed by atoms with E-state index in [1.807, 2.05) is 24.3 Å². The molecule has 0 aliphatic heterocycles. The summed E-state index contributed by atoms with van der Waals surface area (Å²) in [5, 5.41) is 1.11. The van der Waals surface area contributed by atoms with Crippen molar-refractivity contribution in [3.8, 4) is 0 Å². The van der Waals surface area contributed by atoms with Gasteiger partial charge in [0.25, 0.3) is 0 Å². The standard InChI is InChI=1S/C13H11BrCl2N2/c14-9-4-5-12(18-7-9)11(17)6-8-2-1-3-10(15)13(8)16/h1-5,7,11H,6,17H2. The lowest BCUT2D eigenvalue weighted by Crippen LogP contribution is -2.15. The highest BCUT2D eigenvalue weighted by molar-refractivity contribution is 9.10. The molecule has 5 heteroatoms. The average Bonchev–Trinajstić information content (AvgIpc) is 2.36. The van der Waals surface area contributed by atoms with Crippen LogP contribution >= 0.6 is 39.1 Å². The van der Waals surface area contributed by atoms with Gasteiger partial charge in [-0.3, -0.25) is 4.98 Å². The van der Waals surface area contributed by atoms with Gasteiger partial charge in [-0.25, -0.2) is 0 Å². The van der Waals surface area contributed by atoms with Gasteiger partial charge in [-0.2, -0.15) is 0 Å². The van der Waals surface area contributed by atoms with Gasteiger partial charge in [-0.1, -0.05) is 35.3 Å². The molecule has 2 N–H and O–H groups in total. The van der Waals surface area contributed by atoms with Gasteiger partial charge < -0.3 is 5.73 Å². The average molecular weight is 346 g/mol. The zero-order valence-electron chi connectivity index (χ0n) is 9.41. The largest absolute Gasteiger partial charge is 0.322 e. The number of pyridine rings is 1. The fourth-order valence-electron chi connectivity index (χ4n) is 1.65. The fourth-order valence-corrected chi connectivity index (χ4v) is 2.29. The van der Waals surface area contributed by atoms with Crippen molar-refractivity contribution < 1.29 is 0 Å². The van der Waals surface area contributed by atoms with E-state index in [9.17, 15) is 0 Å². The third-order valence-corrected chi connectivity index (χ3v) is 3.93. The molecule has 2 rings (SSSR count). The van der Waals surface area contributed by atoms with E-state index in [0.29, 0.717) is 16.5 Å². The summed E-state index contributed by atoms with van der Waals surface area (Å²) in [4.78, 5) is 4.28. The number of aromatic nitrogens is 1. The highest BCUT2D eigenvalue weighted by atomic mass is 79.9. The first-order chi connectivity index (χ1) is 8.58. The summed E-state index contributed by atoms with van der Waals surface area (Å²) in [5.41, 5.74) is 7.88. The van der Waals surface area contributed by atoms with E-state index in [1.54, 1.807) is 12.3 Å². The Labute approximate surface area is 124 Å². The van der Waals surface area contributed by atoms with Crippen molar-refractivity contribution >= 4 is 39.1 Å². The van der Waals surface area contributed by atoms with Crippen LogP contribution in [-0.2, 0) is 6.42 Å². The zero-order valence-corrected chi connectivity index (χ0v) is 12.5. The molecule has 1 aromatic carbocycles. The number of nitrogens with two attached hydrogens (primary N) is 1. The zero-order chi connectivity index (χ0) is 13.1. The summed E-state index contributed by atoms with van der Waals surface area (Å²) in [7, 11) is 0. The second kappa shape index (κ2) is 6.02. The molecule has 0 fully saturated rings. The first-order valence-corrected chi connectivity index (χ1v) is 6.92. The Balaban J connectivity index is 2.18. The van der Waals surface area contributed by atoms with Crippen LogP contribution in [0.2, 0.25) is 10.0 Å². The Bertz CT molecular complexity index is 543. The number of nitrogens with zero attached hydrogens (tertiary/aromatic N) is 1. The van der Waals surface area contributed by atoms with E-state index >= 15 is 0 Å². The monoisotopic (exact) mass is 344 g/mol. The molecule has 0 bridgehead atoms. The van der Waals surface area contributed by atoms with Gasteiger partial charge in [-0.15, -0.1) is 0 Å². The van der Waals surface area contributed by atoms with Crippen molar-refractivity contribution in [1.82, 2.24) is 4.98 Å². The van der Waals surface area contributed by atoms with Crippen LogP contribution < -0.4 is 5.73 Å². The lowest BCUT2D eigenvalue weighted by Gasteiger charge is -2.12. The summed E-state index contributed by atoms with van der Waals surface area (Å²) in [6.45, 7) is 0. The minimum absolute atomic E-state index is 0.200. The SMILES string of the molecule is NC(Cc1cccc(Cl)c1Cl)c1ccc(Br)cn1. The van der Waals surface area contributed by atoms with Gasteiger partial charge in [0.05, 0.1) is 21.8 Å².